The lowest BCUT2D eigenvalue weighted by Crippen LogP contribution is -1.71. The third-order valence-corrected chi connectivity index (χ3v) is 2.63. The van der Waals surface area contributed by atoms with Crippen molar-refractivity contribution >= 4 is 25.7 Å². The summed E-state index contributed by atoms with van der Waals surface area (Å²) in [5.41, 5.74) is 4.95. The van der Waals surface area contributed by atoms with E-state index in [1.54, 1.807) is 0 Å². The zero-order valence-corrected chi connectivity index (χ0v) is 13.4. The molecular formula is C20H24O2. The Kier molecular flexibility index (Phi) is 14.4. The lowest BCUT2D eigenvalue weighted by atomic mass is 10.2. The average Bonchev–Trinajstić information content (AvgIpc) is 2.60. The minimum absolute atomic E-state index is 1.18. The summed E-state index contributed by atoms with van der Waals surface area (Å²) < 4.78 is 0. The quantitative estimate of drug-likeness (QED) is 0.789. The highest BCUT2D eigenvalue weighted by atomic mass is 16.1. The third kappa shape index (κ3) is 10.1. The van der Waals surface area contributed by atoms with Gasteiger partial charge < -0.3 is 9.59 Å². The highest BCUT2D eigenvalue weighted by molar-refractivity contribution is 5.47. The maximum atomic E-state index is 8.00. The van der Waals surface area contributed by atoms with Crippen molar-refractivity contribution in [2.45, 2.75) is 13.8 Å². The van der Waals surface area contributed by atoms with Gasteiger partial charge in [0.2, 0.25) is 0 Å². The van der Waals surface area contributed by atoms with Crippen LogP contribution < -0.4 is 0 Å². The number of carbonyl (C=O) groups excluding carboxylic acids is 2. The fraction of sp³-hybridized carbons (Fsp3) is 0.100. The standard InChI is InChI=1S/2C9H10.2CH2O/c2*1-3-9-6-4-8(2)5-7-9;2*1-2/h2*3-7H,1H2,2H3;2*1H2. The van der Waals surface area contributed by atoms with Gasteiger partial charge in [0, 0.05) is 0 Å². The summed E-state index contributed by atoms with van der Waals surface area (Å²) in [4.78, 5) is 16.0. The number of carbonyl (C=O) groups is 2. The molecule has 116 valence electrons. The van der Waals surface area contributed by atoms with Crippen LogP contribution in [0, 0.1) is 13.8 Å². The first-order chi connectivity index (χ1) is 10.7. The summed E-state index contributed by atoms with van der Waals surface area (Å²) in [6.45, 7) is 15.5. The molecule has 0 spiro atoms. The molecule has 0 N–H and O–H groups in total. The minimum Gasteiger partial charge on any atom is -0.307 e. The molecule has 0 unspecified atom stereocenters. The van der Waals surface area contributed by atoms with E-state index in [1.165, 1.54) is 22.3 Å². The molecule has 0 aliphatic rings. The van der Waals surface area contributed by atoms with Gasteiger partial charge in [-0.3, -0.25) is 0 Å². The van der Waals surface area contributed by atoms with E-state index in [0.717, 1.165) is 0 Å². The molecule has 0 saturated carbocycles. The SMILES string of the molecule is C=Cc1ccc(C)cc1.C=Cc1ccc(C)cc1.C=O.C=O. The van der Waals surface area contributed by atoms with E-state index in [9.17, 15) is 0 Å². The van der Waals surface area contributed by atoms with Gasteiger partial charge in [-0.15, -0.1) is 0 Å². The first-order valence-electron chi connectivity index (χ1n) is 6.61. The predicted octanol–water partition coefficient (Wildman–Crippen LogP) is 4.91. The monoisotopic (exact) mass is 296 g/mol. The largest absolute Gasteiger partial charge is 0.307 e. The van der Waals surface area contributed by atoms with Crippen LogP contribution in [0.3, 0.4) is 0 Å². The molecule has 0 atom stereocenters. The van der Waals surface area contributed by atoms with Crippen molar-refractivity contribution in [1.29, 1.82) is 0 Å². The normalized spacial score (nSPS) is 7.73. The van der Waals surface area contributed by atoms with Crippen LogP contribution in [0.15, 0.2) is 61.7 Å². The second kappa shape index (κ2) is 14.7. The fourth-order valence-corrected chi connectivity index (χ4v) is 1.41. The van der Waals surface area contributed by atoms with Gasteiger partial charge in [0.25, 0.3) is 0 Å². The van der Waals surface area contributed by atoms with Crippen molar-refractivity contribution in [2.24, 2.45) is 0 Å². The summed E-state index contributed by atoms with van der Waals surface area (Å²) in [5.74, 6) is 0. The van der Waals surface area contributed by atoms with E-state index < -0.39 is 0 Å². The molecule has 0 aromatic heterocycles. The summed E-state index contributed by atoms with van der Waals surface area (Å²) in [6.07, 6.45) is 3.69. The molecule has 2 aromatic rings. The van der Waals surface area contributed by atoms with E-state index in [2.05, 4.69) is 75.5 Å². The molecular weight excluding hydrogens is 272 g/mol. The van der Waals surface area contributed by atoms with Crippen LogP contribution in [0.1, 0.15) is 22.3 Å². The van der Waals surface area contributed by atoms with Crippen LogP contribution in [0.4, 0.5) is 0 Å². The topological polar surface area (TPSA) is 34.1 Å². The van der Waals surface area contributed by atoms with Crippen molar-refractivity contribution in [2.75, 3.05) is 0 Å². The van der Waals surface area contributed by atoms with Crippen molar-refractivity contribution < 1.29 is 9.59 Å². The van der Waals surface area contributed by atoms with Crippen LogP contribution in [-0.2, 0) is 9.59 Å². The highest BCUT2D eigenvalue weighted by Gasteiger charge is 1.83. The maximum Gasteiger partial charge on any atom is 0.106 e. The van der Waals surface area contributed by atoms with Crippen molar-refractivity contribution in [1.82, 2.24) is 0 Å². The Morgan fingerprint density at radius 3 is 1.00 bits per heavy atom. The van der Waals surface area contributed by atoms with Gasteiger partial charge >= 0.3 is 0 Å². The second-order valence-corrected chi connectivity index (χ2v) is 4.23. The lowest BCUT2D eigenvalue weighted by molar-refractivity contribution is -0.0987. The van der Waals surface area contributed by atoms with Gasteiger partial charge in [-0.1, -0.05) is 85.0 Å². The minimum atomic E-state index is 1.18. The number of hydrogen-bond acceptors (Lipinski definition) is 2. The summed E-state index contributed by atoms with van der Waals surface area (Å²) >= 11 is 0. The Morgan fingerprint density at radius 1 is 0.591 bits per heavy atom. The Morgan fingerprint density at radius 2 is 0.818 bits per heavy atom. The molecule has 22 heavy (non-hydrogen) atoms. The van der Waals surface area contributed by atoms with E-state index >= 15 is 0 Å². The average molecular weight is 296 g/mol. The molecule has 2 aromatic carbocycles. The summed E-state index contributed by atoms with van der Waals surface area (Å²) in [5, 5.41) is 0. The summed E-state index contributed by atoms with van der Waals surface area (Å²) in [6, 6.07) is 16.6. The smallest absolute Gasteiger partial charge is 0.106 e. The zero-order valence-electron chi connectivity index (χ0n) is 13.4. The Balaban J connectivity index is 0. The molecule has 0 fully saturated rings. The molecule has 2 nitrogen and oxygen atoms in total. The van der Waals surface area contributed by atoms with Gasteiger partial charge in [-0.25, -0.2) is 0 Å². The van der Waals surface area contributed by atoms with Crippen LogP contribution in [0.5, 0.6) is 0 Å². The fourth-order valence-electron chi connectivity index (χ4n) is 1.41. The van der Waals surface area contributed by atoms with E-state index in [4.69, 9.17) is 9.59 Å². The van der Waals surface area contributed by atoms with Gasteiger partial charge in [0.05, 0.1) is 0 Å². The molecule has 0 aliphatic heterocycles. The van der Waals surface area contributed by atoms with Gasteiger partial charge in [0.1, 0.15) is 13.6 Å². The van der Waals surface area contributed by atoms with Crippen LogP contribution in [0.25, 0.3) is 12.2 Å². The lowest BCUT2D eigenvalue weighted by Gasteiger charge is -1.91. The predicted molar refractivity (Wildman–Crippen MR) is 96.8 cm³/mol. The first-order valence-corrected chi connectivity index (χ1v) is 6.61. The third-order valence-electron chi connectivity index (χ3n) is 2.63. The van der Waals surface area contributed by atoms with Crippen molar-refractivity contribution in [3.63, 3.8) is 0 Å². The zero-order chi connectivity index (χ0) is 17.4. The van der Waals surface area contributed by atoms with Gasteiger partial charge in [-0.2, -0.15) is 0 Å². The van der Waals surface area contributed by atoms with Crippen molar-refractivity contribution in [3.05, 3.63) is 83.9 Å². The van der Waals surface area contributed by atoms with Gasteiger partial charge in [0.15, 0.2) is 0 Å². The van der Waals surface area contributed by atoms with E-state index in [1.807, 2.05) is 25.7 Å². The molecule has 0 radical (unpaired) electrons. The van der Waals surface area contributed by atoms with Crippen LogP contribution >= 0.6 is 0 Å². The first kappa shape index (κ1) is 21.6. The Bertz CT molecular complexity index is 473. The Labute approximate surface area is 133 Å². The number of rotatable bonds is 2. The molecule has 0 heterocycles. The van der Waals surface area contributed by atoms with Crippen molar-refractivity contribution in [3.8, 4) is 0 Å². The molecule has 0 amide bonds. The second-order valence-electron chi connectivity index (χ2n) is 4.23. The molecule has 0 bridgehead atoms. The maximum absolute atomic E-state index is 8.00. The Hall–Kier alpha value is -2.74. The van der Waals surface area contributed by atoms with Gasteiger partial charge in [-0.05, 0) is 25.0 Å². The molecule has 0 saturated heterocycles. The molecule has 2 heteroatoms. The number of aryl methyl sites for hydroxylation is 2. The summed E-state index contributed by atoms with van der Waals surface area (Å²) in [7, 11) is 0. The number of benzene rings is 2. The highest BCUT2D eigenvalue weighted by Crippen LogP contribution is 2.03. The van der Waals surface area contributed by atoms with E-state index in [-0.39, 0.29) is 0 Å². The number of hydrogen-bond donors (Lipinski definition) is 0. The van der Waals surface area contributed by atoms with Crippen LogP contribution in [-0.4, -0.2) is 13.6 Å². The van der Waals surface area contributed by atoms with Crippen LogP contribution in [0.2, 0.25) is 0 Å². The molecule has 2 rings (SSSR count). The van der Waals surface area contributed by atoms with E-state index in [0.29, 0.717) is 0 Å². The molecule has 0 aliphatic carbocycles.